The number of nitro groups is 2. The van der Waals surface area contributed by atoms with E-state index in [1.54, 1.807) is 6.07 Å². The van der Waals surface area contributed by atoms with Crippen molar-refractivity contribution in [2.45, 2.75) is 0 Å². The Kier molecular flexibility index (Phi) is 5.17. The quantitative estimate of drug-likeness (QED) is 0.504. The molecule has 0 heterocycles. The van der Waals surface area contributed by atoms with Crippen LogP contribution in [0.25, 0.3) is 0 Å². The Morgan fingerprint density at radius 1 is 1.08 bits per heavy atom. The number of benzene rings is 2. The van der Waals surface area contributed by atoms with Crippen molar-refractivity contribution in [1.29, 1.82) is 0 Å². The molecule has 122 valence electrons. The molecule has 2 rings (SSSR count). The minimum absolute atomic E-state index is 0.0312. The number of nitro benzene ring substituents is 2. The van der Waals surface area contributed by atoms with E-state index < -0.39 is 15.8 Å². The van der Waals surface area contributed by atoms with Crippen molar-refractivity contribution in [3.63, 3.8) is 0 Å². The molecule has 9 nitrogen and oxygen atoms in total. The summed E-state index contributed by atoms with van der Waals surface area (Å²) in [6.45, 7) is 0. The van der Waals surface area contributed by atoms with Gasteiger partial charge < -0.3 is 0 Å². The molecule has 2 aromatic carbocycles. The first kappa shape index (κ1) is 17.0. The van der Waals surface area contributed by atoms with Gasteiger partial charge in [-0.2, -0.15) is 5.10 Å². The Balaban J connectivity index is 2.13. The maximum Gasteiger partial charge on any atom is 0.273 e. The minimum atomic E-state index is -0.745. The summed E-state index contributed by atoms with van der Waals surface area (Å²) in [5, 5.41) is 25.1. The summed E-state index contributed by atoms with van der Waals surface area (Å²) in [4.78, 5) is 32.1. The fourth-order valence-electron chi connectivity index (χ4n) is 1.75. The zero-order valence-corrected chi connectivity index (χ0v) is 12.6. The number of hydrogen-bond acceptors (Lipinski definition) is 6. The Morgan fingerprint density at radius 2 is 1.75 bits per heavy atom. The molecule has 0 saturated heterocycles. The molecular weight excluding hydrogens is 340 g/mol. The third kappa shape index (κ3) is 4.11. The highest BCUT2D eigenvalue weighted by Gasteiger charge is 2.15. The Morgan fingerprint density at radius 3 is 2.42 bits per heavy atom. The molecule has 2 aromatic rings. The molecule has 0 aliphatic rings. The molecular formula is C14H9ClN4O5. The van der Waals surface area contributed by atoms with Crippen LogP contribution < -0.4 is 5.43 Å². The van der Waals surface area contributed by atoms with Gasteiger partial charge in [-0.25, -0.2) is 5.43 Å². The van der Waals surface area contributed by atoms with E-state index in [-0.39, 0.29) is 22.0 Å². The Hall–Kier alpha value is -3.33. The number of non-ortho nitro benzene ring substituents is 2. The molecule has 0 saturated carbocycles. The topological polar surface area (TPSA) is 128 Å². The third-order valence-electron chi connectivity index (χ3n) is 2.87. The molecule has 0 fully saturated rings. The molecule has 1 amide bonds. The molecule has 10 heteroatoms. The first-order chi connectivity index (χ1) is 11.4. The van der Waals surface area contributed by atoms with Crippen molar-refractivity contribution in [1.82, 2.24) is 5.43 Å². The fraction of sp³-hybridized carbons (Fsp3) is 0. The van der Waals surface area contributed by atoms with Crippen molar-refractivity contribution >= 4 is 35.1 Å². The zero-order valence-electron chi connectivity index (χ0n) is 11.9. The lowest BCUT2D eigenvalue weighted by Gasteiger charge is -2.02. The first-order valence-electron chi connectivity index (χ1n) is 6.40. The molecule has 0 aliphatic carbocycles. The van der Waals surface area contributed by atoms with Crippen molar-refractivity contribution in [2.24, 2.45) is 5.10 Å². The van der Waals surface area contributed by atoms with Crippen LogP contribution in [0.5, 0.6) is 0 Å². The Bertz CT molecular complexity index is 853. The lowest BCUT2D eigenvalue weighted by Crippen LogP contribution is -2.18. The highest BCUT2D eigenvalue weighted by molar-refractivity contribution is 6.33. The molecule has 0 aromatic heterocycles. The van der Waals surface area contributed by atoms with Crippen LogP contribution in [-0.2, 0) is 0 Å². The number of nitrogens with zero attached hydrogens (tertiary/aromatic N) is 3. The summed E-state index contributed by atoms with van der Waals surface area (Å²) in [6, 6.07) is 9.06. The summed E-state index contributed by atoms with van der Waals surface area (Å²) >= 11 is 5.84. The minimum Gasteiger partial charge on any atom is -0.267 e. The van der Waals surface area contributed by atoms with Gasteiger partial charge in [0, 0.05) is 29.8 Å². The predicted octanol–water partition coefficient (Wildman–Crippen LogP) is 2.92. The number of amides is 1. The van der Waals surface area contributed by atoms with Crippen LogP contribution in [0.3, 0.4) is 0 Å². The maximum absolute atomic E-state index is 12.0. The van der Waals surface area contributed by atoms with Crippen LogP contribution >= 0.6 is 11.6 Å². The van der Waals surface area contributed by atoms with Gasteiger partial charge in [-0.1, -0.05) is 23.7 Å². The number of carbonyl (C=O) groups is 1. The van der Waals surface area contributed by atoms with E-state index in [2.05, 4.69) is 10.5 Å². The first-order valence-corrected chi connectivity index (χ1v) is 6.78. The number of hydrogen-bond donors (Lipinski definition) is 1. The number of nitrogens with one attached hydrogen (secondary N) is 1. The van der Waals surface area contributed by atoms with Gasteiger partial charge in [0.25, 0.3) is 17.3 Å². The monoisotopic (exact) mass is 348 g/mol. The predicted molar refractivity (Wildman–Crippen MR) is 86.3 cm³/mol. The second-order valence-electron chi connectivity index (χ2n) is 4.47. The summed E-state index contributed by atoms with van der Waals surface area (Å²) in [7, 11) is 0. The molecule has 0 radical (unpaired) electrons. The second-order valence-corrected chi connectivity index (χ2v) is 4.88. The average Bonchev–Trinajstić information content (AvgIpc) is 2.55. The van der Waals surface area contributed by atoms with E-state index in [1.807, 2.05) is 0 Å². The van der Waals surface area contributed by atoms with E-state index in [1.165, 1.54) is 36.5 Å². The van der Waals surface area contributed by atoms with Gasteiger partial charge in [-0.15, -0.1) is 0 Å². The van der Waals surface area contributed by atoms with Crippen molar-refractivity contribution in [2.75, 3.05) is 0 Å². The van der Waals surface area contributed by atoms with Crippen LogP contribution in [0.2, 0.25) is 5.02 Å². The van der Waals surface area contributed by atoms with E-state index >= 15 is 0 Å². The standard InChI is InChI=1S/C14H9ClN4O5/c15-13-5-4-11(19(23)24)7-12(13)14(20)17-16-8-9-2-1-3-10(6-9)18(21)22/h1-8H,(H,17,20)/b16-8+. The van der Waals surface area contributed by atoms with Crippen molar-refractivity contribution in [3.8, 4) is 0 Å². The van der Waals surface area contributed by atoms with Gasteiger partial charge in [0.15, 0.2) is 0 Å². The van der Waals surface area contributed by atoms with E-state index in [0.717, 1.165) is 6.07 Å². The number of rotatable bonds is 5. The van der Waals surface area contributed by atoms with Gasteiger partial charge >= 0.3 is 0 Å². The van der Waals surface area contributed by atoms with Crippen LogP contribution in [-0.4, -0.2) is 22.0 Å². The normalized spacial score (nSPS) is 10.5. The smallest absolute Gasteiger partial charge is 0.267 e. The van der Waals surface area contributed by atoms with Gasteiger partial charge in [0.2, 0.25) is 0 Å². The Labute approximate surface area is 139 Å². The molecule has 0 unspecified atom stereocenters. The average molecular weight is 349 g/mol. The lowest BCUT2D eigenvalue weighted by molar-refractivity contribution is -0.385. The van der Waals surface area contributed by atoms with Crippen LogP contribution in [0.15, 0.2) is 47.6 Å². The largest absolute Gasteiger partial charge is 0.273 e. The molecule has 0 aliphatic heterocycles. The number of carbonyl (C=O) groups excluding carboxylic acids is 1. The van der Waals surface area contributed by atoms with Gasteiger partial charge in [-0.3, -0.25) is 25.0 Å². The van der Waals surface area contributed by atoms with Gasteiger partial charge in [0.05, 0.1) is 26.6 Å². The zero-order chi connectivity index (χ0) is 17.7. The van der Waals surface area contributed by atoms with Crippen molar-refractivity contribution < 1.29 is 14.6 Å². The fourth-order valence-corrected chi connectivity index (χ4v) is 1.95. The highest BCUT2D eigenvalue weighted by Crippen LogP contribution is 2.21. The van der Waals surface area contributed by atoms with Crippen LogP contribution in [0, 0.1) is 20.2 Å². The number of halogens is 1. The maximum atomic E-state index is 12.0. The summed E-state index contributed by atoms with van der Waals surface area (Å²) in [5.74, 6) is -0.745. The van der Waals surface area contributed by atoms with Gasteiger partial charge in [-0.05, 0) is 6.07 Å². The van der Waals surface area contributed by atoms with E-state index in [0.29, 0.717) is 5.56 Å². The SMILES string of the molecule is O=C(N/N=C/c1cccc([N+](=O)[O-])c1)c1cc([N+](=O)[O-])ccc1Cl. The van der Waals surface area contributed by atoms with Crippen LogP contribution in [0.4, 0.5) is 11.4 Å². The lowest BCUT2D eigenvalue weighted by atomic mass is 10.2. The number of hydrazone groups is 1. The van der Waals surface area contributed by atoms with E-state index in [4.69, 9.17) is 11.6 Å². The highest BCUT2D eigenvalue weighted by atomic mass is 35.5. The molecule has 1 N–H and O–H groups in total. The summed E-state index contributed by atoms with van der Waals surface area (Å²) < 4.78 is 0. The summed E-state index contributed by atoms with van der Waals surface area (Å²) in [5.41, 5.74) is 2.04. The molecule has 24 heavy (non-hydrogen) atoms. The third-order valence-corrected chi connectivity index (χ3v) is 3.20. The summed E-state index contributed by atoms with van der Waals surface area (Å²) in [6.07, 6.45) is 1.20. The van der Waals surface area contributed by atoms with Gasteiger partial charge in [0.1, 0.15) is 0 Å². The molecule has 0 atom stereocenters. The van der Waals surface area contributed by atoms with E-state index in [9.17, 15) is 25.0 Å². The second kappa shape index (κ2) is 7.29. The van der Waals surface area contributed by atoms with Crippen LogP contribution in [0.1, 0.15) is 15.9 Å². The molecule has 0 spiro atoms. The molecule has 0 bridgehead atoms. The van der Waals surface area contributed by atoms with Crippen molar-refractivity contribution in [3.05, 3.63) is 78.8 Å².